The first kappa shape index (κ1) is 17.3. The highest BCUT2D eigenvalue weighted by Gasteiger charge is 2.15. The Morgan fingerprint density at radius 3 is 2.62 bits per heavy atom. The molecule has 1 aliphatic heterocycles. The number of halogens is 2. The topological polar surface area (TPSA) is 47.6 Å². The van der Waals surface area contributed by atoms with Crippen LogP contribution in [-0.2, 0) is 4.79 Å². The van der Waals surface area contributed by atoms with Gasteiger partial charge < -0.3 is 14.8 Å². The normalized spacial score (nSPS) is 13.2. The van der Waals surface area contributed by atoms with E-state index in [0.717, 1.165) is 11.3 Å². The van der Waals surface area contributed by atoms with E-state index in [9.17, 15) is 4.79 Å². The summed E-state index contributed by atoms with van der Waals surface area (Å²) in [6.45, 7) is 1.16. The summed E-state index contributed by atoms with van der Waals surface area (Å²) in [5, 5.41) is 3.87. The molecule has 2 aromatic carbocycles. The molecule has 1 amide bonds. The first-order valence-electron chi connectivity index (χ1n) is 7.39. The molecule has 4 nitrogen and oxygen atoms in total. The smallest absolute Gasteiger partial charge is 0.234 e. The lowest BCUT2D eigenvalue weighted by molar-refractivity contribution is -0.113. The molecule has 0 fully saturated rings. The van der Waals surface area contributed by atoms with Crippen LogP contribution in [-0.4, -0.2) is 24.9 Å². The second kappa shape index (κ2) is 8.01. The second-order valence-electron chi connectivity index (χ2n) is 5.12. The van der Waals surface area contributed by atoms with E-state index in [4.69, 9.17) is 32.7 Å². The zero-order chi connectivity index (χ0) is 16.9. The standard InChI is InChI=1S/C17H15Cl2NO3S/c18-11-3-1-4-12(7-11)24-10-17(21)20-14-9-16-15(8-13(14)19)22-5-2-6-23-16/h1,3-4,7-9H,2,5-6,10H2,(H,20,21). The molecule has 0 unspecified atom stereocenters. The molecule has 0 saturated heterocycles. The Bertz CT molecular complexity index is 755. The van der Waals surface area contributed by atoms with Gasteiger partial charge in [0.25, 0.3) is 0 Å². The van der Waals surface area contributed by atoms with E-state index < -0.39 is 0 Å². The molecular formula is C17H15Cl2NO3S. The molecule has 24 heavy (non-hydrogen) atoms. The van der Waals surface area contributed by atoms with Gasteiger partial charge in [0, 0.05) is 28.5 Å². The molecule has 2 aromatic rings. The summed E-state index contributed by atoms with van der Waals surface area (Å²) in [6.07, 6.45) is 0.810. The number of benzene rings is 2. The Morgan fingerprint density at radius 1 is 1.12 bits per heavy atom. The Hall–Kier alpha value is -1.56. The van der Waals surface area contributed by atoms with Crippen molar-refractivity contribution in [2.24, 2.45) is 0 Å². The van der Waals surface area contributed by atoms with Gasteiger partial charge in [-0.1, -0.05) is 29.3 Å². The second-order valence-corrected chi connectivity index (χ2v) is 7.02. The minimum Gasteiger partial charge on any atom is -0.490 e. The van der Waals surface area contributed by atoms with Crippen molar-refractivity contribution in [1.29, 1.82) is 0 Å². The molecule has 1 N–H and O–H groups in total. The third-order valence-electron chi connectivity index (χ3n) is 3.28. The van der Waals surface area contributed by atoms with Crippen LogP contribution >= 0.6 is 35.0 Å². The average molecular weight is 384 g/mol. The van der Waals surface area contributed by atoms with E-state index in [0.29, 0.717) is 40.4 Å². The molecule has 0 atom stereocenters. The van der Waals surface area contributed by atoms with Crippen molar-refractivity contribution < 1.29 is 14.3 Å². The molecule has 0 bridgehead atoms. The van der Waals surface area contributed by atoms with Crippen LogP contribution in [0.2, 0.25) is 10.0 Å². The van der Waals surface area contributed by atoms with Crippen molar-refractivity contribution >= 4 is 46.6 Å². The number of fused-ring (bicyclic) bond motifs is 1. The Labute approximate surface area is 154 Å². The molecule has 0 radical (unpaired) electrons. The fraction of sp³-hybridized carbons (Fsp3) is 0.235. The molecule has 1 aliphatic rings. The maximum atomic E-state index is 12.2. The zero-order valence-corrected chi connectivity index (χ0v) is 15.0. The fourth-order valence-corrected chi connectivity index (χ4v) is 3.38. The van der Waals surface area contributed by atoms with Gasteiger partial charge in [-0.25, -0.2) is 0 Å². The van der Waals surface area contributed by atoms with Gasteiger partial charge in [-0.2, -0.15) is 0 Å². The first-order chi connectivity index (χ1) is 11.6. The van der Waals surface area contributed by atoms with Crippen molar-refractivity contribution in [1.82, 2.24) is 0 Å². The number of hydrogen-bond donors (Lipinski definition) is 1. The van der Waals surface area contributed by atoms with Gasteiger partial charge >= 0.3 is 0 Å². The summed E-state index contributed by atoms with van der Waals surface area (Å²) in [6, 6.07) is 10.7. The molecule has 7 heteroatoms. The third kappa shape index (κ3) is 4.50. The highest BCUT2D eigenvalue weighted by atomic mass is 35.5. The van der Waals surface area contributed by atoms with Crippen molar-refractivity contribution in [3.05, 3.63) is 46.4 Å². The highest BCUT2D eigenvalue weighted by Crippen LogP contribution is 2.37. The van der Waals surface area contributed by atoms with Gasteiger partial charge in [-0.15, -0.1) is 11.8 Å². The average Bonchev–Trinajstić information content (AvgIpc) is 2.78. The predicted molar refractivity (Wildman–Crippen MR) is 97.9 cm³/mol. The maximum absolute atomic E-state index is 12.2. The van der Waals surface area contributed by atoms with Crippen LogP contribution in [0, 0.1) is 0 Å². The van der Waals surface area contributed by atoms with E-state index in [-0.39, 0.29) is 11.7 Å². The monoisotopic (exact) mass is 383 g/mol. The van der Waals surface area contributed by atoms with Gasteiger partial charge in [0.05, 0.1) is 29.7 Å². The van der Waals surface area contributed by atoms with Crippen LogP contribution in [0.5, 0.6) is 11.5 Å². The van der Waals surface area contributed by atoms with Gasteiger partial charge in [0.1, 0.15) is 0 Å². The number of thioether (sulfide) groups is 1. The number of rotatable bonds is 4. The highest BCUT2D eigenvalue weighted by molar-refractivity contribution is 8.00. The maximum Gasteiger partial charge on any atom is 0.234 e. The SMILES string of the molecule is O=C(CSc1cccc(Cl)c1)Nc1cc2c(cc1Cl)OCCCO2. The minimum absolute atomic E-state index is 0.156. The molecule has 0 aromatic heterocycles. The quantitative estimate of drug-likeness (QED) is 0.763. The van der Waals surface area contributed by atoms with Gasteiger partial charge in [0.15, 0.2) is 11.5 Å². The molecule has 0 saturated carbocycles. The lowest BCUT2D eigenvalue weighted by Crippen LogP contribution is -2.14. The molecule has 126 valence electrons. The summed E-state index contributed by atoms with van der Waals surface area (Å²) in [5.41, 5.74) is 0.512. The molecule has 3 rings (SSSR count). The van der Waals surface area contributed by atoms with Crippen LogP contribution in [0.4, 0.5) is 5.69 Å². The van der Waals surface area contributed by atoms with E-state index in [1.165, 1.54) is 11.8 Å². The molecule has 1 heterocycles. The van der Waals surface area contributed by atoms with E-state index >= 15 is 0 Å². The van der Waals surface area contributed by atoms with Crippen LogP contribution in [0.1, 0.15) is 6.42 Å². The van der Waals surface area contributed by atoms with Gasteiger partial charge in [-0.05, 0) is 18.2 Å². The summed E-state index contributed by atoms with van der Waals surface area (Å²) in [7, 11) is 0. The summed E-state index contributed by atoms with van der Waals surface area (Å²) >= 11 is 13.6. The molecular weight excluding hydrogens is 369 g/mol. The predicted octanol–water partition coefficient (Wildman–Crippen LogP) is 4.89. The number of carbonyl (C=O) groups excluding carboxylic acids is 1. The Morgan fingerprint density at radius 2 is 1.88 bits per heavy atom. The lowest BCUT2D eigenvalue weighted by atomic mass is 10.2. The molecule has 0 aliphatic carbocycles. The molecule has 0 spiro atoms. The van der Waals surface area contributed by atoms with Gasteiger partial charge in [0.2, 0.25) is 5.91 Å². The largest absolute Gasteiger partial charge is 0.490 e. The van der Waals surface area contributed by atoms with E-state index in [1.807, 2.05) is 18.2 Å². The number of hydrogen-bond acceptors (Lipinski definition) is 4. The summed E-state index contributed by atoms with van der Waals surface area (Å²) in [4.78, 5) is 13.1. The van der Waals surface area contributed by atoms with Crippen molar-refractivity contribution in [2.45, 2.75) is 11.3 Å². The summed E-state index contributed by atoms with van der Waals surface area (Å²) in [5.74, 6) is 1.29. The van der Waals surface area contributed by atoms with E-state index in [2.05, 4.69) is 5.32 Å². The lowest BCUT2D eigenvalue weighted by Gasteiger charge is -2.12. The van der Waals surface area contributed by atoms with Crippen molar-refractivity contribution in [2.75, 3.05) is 24.3 Å². The zero-order valence-electron chi connectivity index (χ0n) is 12.7. The Kier molecular flexibility index (Phi) is 5.76. The van der Waals surface area contributed by atoms with Gasteiger partial charge in [-0.3, -0.25) is 4.79 Å². The van der Waals surface area contributed by atoms with Crippen molar-refractivity contribution in [3.8, 4) is 11.5 Å². The fourth-order valence-electron chi connectivity index (χ4n) is 2.17. The number of anilines is 1. The number of amides is 1. The third-order valence-corrected chi connectivity index (χ3v) is 4.82. The summed E-state index contributed by atoms with van der Waals surface area (Å²) < 4.78 is 11.2. The number of nitrogens with one attached hydrogen (secondary N) is 1. The Balaban J connectivity index is 1.64. The van der Waals surface area contributed by atoms with E-state index in [1.54, 1.807) is 18.2 Å². The van der Waals surface area contributed by atoms with Crippen LogP contribution < -0.4 is 14.8 Å². The van der Waals surface area contributed by atoms with Crippen LogP contribution in [0.3, 0.4) is 0 Å². The minimum atomic E-state index is -0.156. The number of carbonyl (C=O) groups is 1. The number of ether oxygens (including phenoxy) is 2. The first-order valence-corrected chi connectivity index (χ1v) is 9.13. The van der Waals surface area contributed by atoms with Crippen molar-refractivity contribution in [3.63, 3.8) is 0 Å². The van der Waals surface area contributed by atoms with Crippen LogP contribution in [0.15, 0.2) is 41.3 Å². The van der Waals surface area contributed by atoms with Crippen LogP contribution in [0.25, 0.3) is 0 Å².